The SMILES string of the molecule is O=C(O[C@@H]1[C@H](OC(=O)c2ccccc2)[C@@H](OC[C@H]2O[C@H](OC[C@H]3O[C@H](OC[C@H]4O[C@H](O)[C@@H](OC(=O)c5ccccc5)[C@@H](OC(=O)c5ccccc5)[C@@H]4OC(=O)c4ccccc4)[C@@H](OC(=O)c4ccccc4)[C@@H](OC(=O)c4ccccc4)[C@@H]3OC(=O)c3ccccc3)[C@@H](OC(=O)c3ccccc3)[C@@H](OC(=O)c3ccccc3)[C@@H]2OC(=O)c2ccccc2)O[C@H](CO)[C@H]1OC(=O)c1ccccc1)c1ccccc1. The highest BCUT2D eigenvalue weighted by molar-refractivity contribution is 5.96. The Balaban J connectivity index is 0.837. The fourth-order valence-corrected chi connectivity index (χ4v) is 15.8. The van der Waals surface area contributed by atoms with E-state index in [0.717, 1.165) is 0 Å². The summed E-state index contributed by atoms with van der Waals surface area (Å²) in [6.45, 7) is -4.31. The molecule has 12 aromatic rings. The van der Waals surface area contributed by atoms with E-state index in [-0.39, 0.29) is 66.8 Å². The van der Waals surface area contributed by atoms with Crippen LogP contribution >= 0.6 is 0 Å². The van der Waals surface area contributed by atoms with Crippen LogP contribution in [0, 0.1) is 0 Å². The lowest BCUT2D eigenvalue weighted by Crippen LogP contribution is -2.66. The molecule has 4 heterocycles. The van der Waals surface area contributed by atoms with Crippen LogP contribution in [0.5, 0.6) is 0 Å². The normalized spacial score (nSPS) is 24.0. The topological polar surface area (TPSA) is 421 Å². The Morgan fingerprint density at radius 2 is 0.312 bits per heavy atom. The van der Waals surface area contributed by atoms with Crippen LogP contribution < -0.4 is 0 Å². The second kappa shape index (κ2) is 47.3. The van der Waals surface area contributed by atoms with Crippen LogP contribution in [-0.2, 0) is 90.0 Å². The zero-order chi connectivity index (χ0) is 98.1. The highest BCUT2D eigenvalue weighted by Gasteiger charge is 2.60. The van der Waals surface area contributed by atoms with Crippen molar-refractivity contribution in [3.05, 3.63) is 431 Å². The molecule has 141 heavy (non-hydrogen) atoms. The molecule has 20 atom stereocenters. The molecule has 4 aliphatic rings. The van der Waals surface area contributed by atoms with E-state index in [1.54, 1.807) is 84.9 Å². The van der Waals surface area contributed by atoms with Crippen molar-refractivity contribution >= 4 is 71.6 Å². The van der Waals surface area contributed by atoms with Crippen LogP contribution in [0.2, 0.25) is 0 Å². The molecule has 0 unspecified atom stereocenters. The third-order valence-electron chi connectivity index (χ3n) is 22.9. The Kier molecular flexibility index (Phi) is 32.9. The summed E-state index contributed by atoms with van der Waals surface area (Å²) in [6.07, 6.45) is -42.1. The van der Waals surface area contributed by atoms with Crippen molar-refractivity contribution in [3.8, 4) is 0 Å². The number of ether oxygens (including phenoxy) is 19. The Hall–Kier alpha value is -16.1. The van der Waals surface area contributed by atoms with Crippen molar-refractivity contribution in [1.29, 1.82) is 0 Å². The van der Waals surface area contributed by atoms with Crippen molar-refractivity contribution in [2.24, 2.45) is 0 Å². The molecular weight excluding hydrogens is 1830 g/mol. The Morgan fingerprint density at radius 1 is 0.177 bits per heavy atom. The minimum Gasteiger partial charge on any atom is -0.452 e. The highest BCUT2D eigenvalue weighted by Crippen LogP contribution is 2.40. The first-order valence-electron chi connectivity index (χ1n) is 44.7. The van der Waals surface area contributed by atoms with Crippen LogP contribution in [0.25, 0.3) is 0 Å². The molecular formula is C108H90O33. The van der Waals surface area contributed by atoms with Gasteiger partial charge in [0.05, 0.1) is 93.2 Å². The van der Waals surface area contributed by atoms with Crippen LogP contribution in [0.3, 0.4) is 0 Å². The average molecular weight is 1920 g/mol. The van der Waals surface area contributed by atoms with Gasteiger partial charge in [-0.15, -0.1) is 0 Å². The Bertz CT molecular complexity index is 6230. The fourth-order valence-electron chi connectivity index (χ4n) is 15.8. The van der Waals surface area contributed by atoms with Crippen LogP contribution in [-0.4, -0.2) is 231 Å². The number of hydrogen-bond donors (Lipinski definition) is 2. The maximum atomic E-state index is 15.4. The highest BCUT2D eigenvalue weighted by atomic mass is 16.8. The number of rotatable bonds is 34. The molecule has 4 saturated heterocycles. The lowest BCUT2D eigenvalue weighted by atomic mass is 9.96. The minimum atomic E-state index is -2.32. The van der Waals surface area contributed by atoms with Gasteiger partial charge in [0, 0.05) is 0 Å². The summed E-state index contributed by atoms with van der Waals surface area (Å²) in [5.74, 6) is -13.5. The molecule has 0 aromatic heterocycles. The van der Waals surface area contributed by atoms with E-state index in [1.807, 2.05) is 0 Å². The zero-order valence-corrected chi connectivity index (χ0v) is 74.6. The van der Waals surface area contributed by atoms with Gasteiger partial charge in [0.15, 0.2) is 98.4 Å². The Labute approximate surface area is 805 Å². The molecule has 4 aliphatic heterocycles. The van der Waals surface area contributed by atoms with E-state index in [0.29, 0.717) is 0 Å². The molecule has 16 rings (SSSR count). The molecule has 33 heteroatoms. The van der Waals surface area contributed by atoms with E-state index in [9.17, 15) is 39.0 Å². The van der Waals surface area contributed by atoms with Gasteiger partial charge in [0.25, 0.3) is 0 Å². The van der Waals surface area contributed by atoms with Gasteiger partial charge in [0.2, 0.25) is 0 Å². The van der Waals surface area contributed by atoms with Gasteiger partial charge >= 0.3 is 71.6 Å². The summed E-state index contributed by atoms with van der Waals surface area (Å²) in [5.41, 5.74) is -1.19. The number of aliphatic hydroxyl groups is 2. The van der Waals surface area contributed by atoms with E-state index in [4.69, 9.17) is 90.0 Å². The van der Waals surface area contributed by atoms with Gasteiger partial charge in [-0.1, -0.05) is 218 Å². The van der Waals surface area contributed by atoms with Crippen molar-refractivity contribution in [2.45, 2.75) is 123 Å². The quantitative estimate of drug-likeness (QED) is 0.0279. The van der Waals surface area contributed by atoms with Gasteiger partial charge in [0.1, 0.15) is 24.4 Å². The lowest BCUT2D eigenvalue weighted by Gasteiger charge is -2.47. The van der Waals surface area contributed by atoms with E-state index < -0.39 is 221 Å². The summed E-state index contributed by atoms with van der Waals surface area (Å²) < 4.78 is 124. The first kappa shape index (κ1) is 98.0. The molecule has 0 amide bonds. The molecule has 0 aliphatic carbocycles. The predicted molar refractivity (Wildman–Crippen MR) is 490 cm³/mol. The zero-order valence-electron chi connectivity index (χ0n) is 74.6. The number of benzene rings is 12. The monoisotopic (exact) mass is 1910 g/mol. The number of esters is 12. The summed E-state index contributed by atoms with van der Waals surface area (Å²) in [7, 11) is 0. The molecule has 0 radical (unpaired) electrons. The summed E-state index contributed by atoms with van der Waals surface area (Å²) in [4.78, 5) is 179. The van der Waals surface area contributed by atoms with Crippen molar-refractivity contribution in [1.82, 2.24) is 0 Å². The maximum absolute atomic E-state index is 15.4. The average Bonchev–Trinajstić information content (AvgIpc) is 0.764. The largest absolute Gasteiger partial charge is 0.452 e. The summed E-state index contributed by atoms with van der Waals surface area (Å²) >= 11 is 0. The molecule has 0 saturated carbocycles. The van der Waals surface area contributed by atoms with Crippen LogP contribution in [0.1, 0.15) is 124 Å². The number of hydrogen-bond acceptors (Lipinski definition) is 33. The molecule has 4 fully saturated rings. The first-order valence-corrected chi connectivity index (χ1v) is 44.7. The van der Waals surface area contributed by atoms with Gasteiger partial charge in [-0.05, 0) is 146 Å². The molecule has 0 bridgehead atoms. The molecule has 12 aromatic carbocycles. The van der Waals surface area contributed by atoms with E-state index >= 15 is 28.8 Å². The number of aliphatic hydroxyl groups excluding tert-OH is 2. The van der Waals surface area contributed by atoms with Gasteiger partial charge in [-0.3, -0.25) is 0 Å². The maximum Gasteiger partial charge on any atom is 0.338 e. The van der Waals surface area contributed by atoms with Crippen molar-refractivity contribution in [3.63, 3.8) is 0 Å². The number of carbonyl (C=O) groups is 12. The molecule has 33 nitrogen and oxygen atoms in total. The Morgan fingerprint density at radius 3 is 0.489 bits per heavy atom. The van der Waals surface area contributed by atoms with Crippen LogP contribution in [0.15, 0.2) is 364 Å². The summed E-state index contributed by atoms with van der Waals surface area (Å²) in [6, 6.07) is 88.8. The summed E-state index contributed by atoms with van der Waals surface area (Å²) in [5, 5.41) is 24.0. The second-order valence-corrected chi connectivity index (χ2v) is 32.2. The smallest absolute Gasteiger partial charge is 0.338 e. The third kappa shape index (κ3) is 24.7. The van der Waals surface area contributed by atoms with E-state index in [1.165, 1.54) is 279 Å². The van der Waals surface area contributed by atoms with Gasteiger partial charge < -0.3 is 100 Å². The fraction of sp³-hybridized carbons (Fsp3) is 0.222. The third-order valence-corrected chi connectivity index (χ3v) is 22.9. The first-order chi connectivity index (χ1) is 68.8. The molecule has 2 N–H and O–H groups in total. The van der Waals surface area contributed by atoms with Crippen molar-refractivity contribution in [2.75, 3.05) is 26.4 Å². The van der Waals surface area contributed by atoms with Gasteiger partial charge in [-0.2, -0.15) is 0 Å². The lowest BCUT2D eigenvalue weighted by molar-refractivity contribution is -0.343. The number of carbonyl (C=O) groups excluding carboxylic acids is 12. The van der Waals surface area contributed by atoms with E-state index in [2.05, 4.69) is 0 Å². The second-order valence-electron chi connectivity index (χ2n) is 32.2. The molecule has 0 spiro atoms. The minimum absolute atomic E-state index is 0.0197. The molecule has 720 valence electrons. The standard InChI is InChI=1S/C108H90O33/c109-61-77-81(130-93(110)65-37-13-1-14-38-65)86(135-98(115)70-47-23-6-24-48-70)90(139-102(119)74-55-31-10-32-56-74)106(127-77)124-63-79-83(132-95(112)67-41-17-3-18-42-67)88(137-100(117)72-51-27-8-28-52-72)92(141-104(121)76-59-35-12-36-60-76)108(129-79)125-64-80-84(133-96(113)68-43-19-4-20-44-68)87(136-99(116)71-49-25-7-26-50-71)91(140-103(120)75-57-33-11-34-58-75)107(128-80)123-62-78-82(131-94(111)66-39-15-2-16-40-66)85(134-97(114)69-45-21-5-22-46-69)89(105(122)126-78)138-101(118)73-53-29-9-30-54-73/h1-60,77-92,105-109,122H,61-64H2/t77-,78-,79-,80-,81-,82-,83-,84-,85+,86+,87+,88+,89+,90+,91+,92+,105+,106+,107+,108+/m1/s1. The predicted octanol–water partition coefficient (Wildman–Crippen LogP) is 12.6. The van der Waals surface area contributed by atoms with Gasteiger partial charge in [-0.25, -0.2) is 57.5 Å². The van der Waals surface area contributed by atoms with Crippen LogP contribution in [0.4, 0.5) is 0 Å². The van der Waals surface area contributed by atoms with Crippen molar-refractivity contribution < 1.29 is 158 Å².